The fourth-order valence-corrected chi connectivity index (χ4v) is 4.83. The summed E-state index contributed by atoms with van der Waals surface area (Å²) in [6.07, 6.45) is -0.311. The van der Waals surface area contributed by atoms with Crippen LogP contribution in [0.3, 0.4) is 0 Å². The molecule has 1 aromatic heterocycles. The summed E-state index contributed by atoms with van der Waals surface area (Å²) in [6, 6.07) is 16.8. The van der Waals surface area contributed by atoms with E-state index in [1.165, 1.54) is 33.8 Å². The number of rotatable bonds is 6. The first-order valence-electron chi connectivity index (χ1n) is 12.5. The van der Waals surface area contributed by atoms with Crippen LogP contribution in [0.4, 0.5) is 13.2 Å². The average Bonchev–Trinajstić information content (AvgIpc) is 3.36. The summed E-state index contributed by atoms with van der Waals surface area (Å²) in [5, 5.41) is 4.35. The number of halogens is 3. The van der Waals surface area contributed by atoms with E-state index in [9.17, 15) is 22.8 Å². The van der Waals surface area contributed by atoms with Gasteiger partial charge in [0.25, 0.3) is 11.8 Å². The zero-order valence-corrected chi connectivity index (χ0v) is 20.8. The van der Waals surface area contributed by atoms with Gasteiger partial charge in [0.2, 0.25) is 0 Å². The first-order chi connectivity index (χ1) is 18.3. The number of alkyl halides is 3. The molecule has 0 radical (unpaired) electrons. The van der Waals surface area contributed by atoms with Gasteiger partial charge in [0.05, 0.1) is 12.1 Å². The third kappa shape index (κ3) is 5.65. The Morgan fingerprint density at radius 3 is 2.37 bits per heavy atom. The molecule has 5 rings (SSSR count). The zero-order valence-electron chi connectivity index (χ0n) is 20.8. The lowest BCUT2D eigenvalue weighted by Crippen LogP contribution is -2.48. The number of hydrogen-bond donors (Lipinski definition) is 0. The summed E-state index contributed by atoms with van der Waals surface area (Å²) in [6.45, 7) is 3.70. The van der Waals surface area contributed by atoms with Gasteiger partial charge in [-0.3, -0.25) is 19.2 Å². The van der Waals surface area contributed by atoms with Gasteiger partial charge in [-0.15, -0.1) is 0 Å². The topological polar surface area (TPSA) is 61.7 Å². The van der Waals surface area contributed by atoms with Gasteiger partial charge < -0.3 is 9.80 Å². The van der Waals surface area contributed by atoms with E-state index >= 15 is 0 Å². The van der Waals surface area contributed by atoms with Gasteiger partial charge >= 0.3 is 6.18 Å². The number of aromatic nitrogens is 2. The number of carbonyl (C=O) groups is 2. The fraction of sp³-hybridized carbons (Fsp3) is 0.321. The summed E-state index contributed by atoms with van der Waals surface area (Å²) in [4.78, 5) is 31.6. The Labute approximate surface area is 218 Å². The van der Waals surface area contributed by atoms with Crippen molar-refractivity contribution in [2.75, 3.05) is 39.3 Å². The van der Waals surface area contributed by atoms with Crippen LogP contribution >= 0.6 is 0 Å². The molecule has 0 aliphatic carbocycles. The van der Waals surface area contributed by atoms with Gasteiger partial charge in [0, 0.05) is 51.9 Å². The molecule has 0 bridgehead atoms. The molecule has 0 unspecified atom stereocenters. The summed E-state index contributed by atoms with van der Waals surface area (Å²) >= 11 is 0. The van der Waals surface area contributed by atoms with Crippen LogP contribution in [0.2, 0.25) is 0 Å². The maximum Gasteiger partial charge on any atom is 0.416 e. The van der Waals surface area contributed by atoms with E-state index in [4.69, 9.17) is 0 Å². The summed E-state index contributed by atoms with van der Waals surface area (Å²) < 4.78 is 41.7. The molecule has 0 spiro atoms. The van der Waals surface area contributed by atoms with E-state index in [1.807, 2.05) is 30.3 Å². The predicted octanol–water partition coefficient (Wildman–Crippen LogP) is 4.03. The van der Waals surface area contributed by atoms with Crippen LogP contribution in [-0.2, 0) is 19.3 Å². The molecule has 0 saturated carbocycles. The van der Waals surface area contributed by atoms with Crippen molar-refractivity contribution < 1.29 is 22.8 Å². The van der Waals surface area contributed by atoms with Crippen molar-refractivity contribution in [3.63, 3.8) is 0 Å². The summed E-state index contributed by atoms with van der Waals surface area (Å²) in [5.74, 6) is -0.678. The van der Waals surface area contributed by atoms with E-state index in [2.05, 4.69) is 22.2 Å². The number of fused-ring (bicyclic) bond motifs is 1. The summed E-state index contributed by atoms with van der Waals surface area (Å²) in [5.41, 5.74) is 0.825. The molecule has 0 N–H and O–H groups in total. The average molecular weight is 524 g/mol. The van der Waals surface area contributed by atoms with Gasteiger partial charge in [-0.25, -0.2) is 0 Å². The Hall–Kier alpha value is -3.92. The Bertz CT molecular complexity index is 1330. The molecule has 1 fully saturated rings. The minimum absolute atomic E-state index is 0.0362. The van der Waals surface area contributed by atoms with Crippen molar-refractivity contribution in [1.82, 2.24) is 24.5 Å². The van der Waals surface area contributed by atoms with E-state index in [1.54, 1.807) is 4.90 Å². The van der Waals surface area contributed by atoms with Crippen LogP contribution in [0.25, 0.3) is 6.08 Å². The van der Waals surface area contributed by atoms with Gasteiger partial charge in [-0.2, -0.15) is 18.3 Å². The molecule has 2 aliphatic rings. The molecular weight excluding hydrogens is 495 g/mol. The van der Waals surface area contributed by atoms with Crippen molar-refractivity contribution in [1.29, 1.82) is 0 Å². The van der Waals surface area contributed by atoms with Crippen molar-refractivity contribution in [3.05, 3.63) is 94.8 Å². The van der Waals surface area contributed by atoms with Gasteiger partial charge in [-0.1, -0.05) is 60.7 Å². The molecule has 7 nitrogen and oxygen atoms in total. The first-order valence-corrected chi connectivity index (χ1v) is 12.5. The highest BCUT2D eigenvalue weighted by molar-refractivity contribution is 5.98. The van der Waals surface area contributed by atoms with Crippen LogP contribution in [0.5, 0.6) is 0 Å². The molecule has 10 heteroatoms. The van der Waals surface area contributed by atoms with Crippen LogP contribution in [-0.4, -0.2) is 75.6 Å². The predicted molar refractivity (Wildman–Crippen MR) is 136 cm³/mol. The van der Waals surface area contributed by atoms with Crippen molar-refractivity contribution in [3.8, 4) is 0 Å². The molecule has 2 amide bonds. The molecule has 198 valence electrons. The molecule has 0 atom stereocenters. The number of carbonyl (C=O) groups excluding carboxylic acids is 2. The molecular formula is C28H28F3N5O2. The second-order valence-electron chi connectivity index (χ2n) is 9.43. The maximum absolute atomic E-state index is 13.4. The van der Waals surface area contributed by atoms with Gasteiger partial charge in [0.15, 0.2) is 5.69 Å². The van der Waals surface area contributed by atoms with Crippen molar-refractivity contribution in [2.45, 2.75) is 19.3 Å². The Morgan fingerprint density at radius 1 is 0.921 bits per heavy atom. The molecule has 2 aromatic carbocycles. The lowest BCUT2D eigenvalue weighted by molar-refractivity contribution is -0.138. The minimum atomic E-state index is -4.50. The Balaban J connectivity index is 1.19. The summed E-state index contributed by atoms with van der Waals surface area (Å²) in [7, 11) is 0. The molecule has 1 saturated heterocycles. The van der Waals surface area contributed by atoms with Crippen LogP contribution in [0.1, 0.15) is 37.7 Å². The second kappa shape index (κ2) is 10.8. The third-order valence-corrected chi connectivity index (χ3v) is 6.90. The maximum atomic E-state index is 13.4. The van der Waals surface area contributed by atoms with E-state index < -0.39 is 17.6 Å². The largest absolute Gasteiger partial charge is 0.416 e. The number of amides is 2. The molecule has 2 aliphatic heterocycles. The highest BCUT2D eigenvalue weighted by Crippen LogP contribution is 2.33. The highest BCUT2D eigenvalue weighted by Gasteiger charge is 2.35. The standard InChI is InChI=1S/C28H28F3N5O2/c29-28(30,31)23-11-5-4-10-22(23)20-35-17-18-36-25(27(35)38)19-24(32-36)26(37)34-15-13-33(14-16-34)12-6-9-21-7-2-1-3-8-21/h1-11,19H,12-18,20H2/b9-6+. The lowest BCUT2D eigenvalue weighted by Gasteiger charge is -2.33. The van der Waals surface area contributed by atoms with Crippen LogP contribution in [0.15, 0.2) is 66.7 Å². The number of benzene rings is 2. The van der Waals surface area contributed by atoms with E-state index in [0.717, 1.165) is 31.3 Å². The monoisotopic (exact) mass is 523 g/mol. The first kappa shape index (κ1) is 25.7. The van der Waals surface area contributed by atoms with E-state index in [0.29, 0.717) is 19.6 Å². The lowest BCUT2D eigenvalue weighted by atomic mass is 10.1. The van der Waals surface area contributed by atoms with Crippen molar-refractivity contribution in [2.24, 2.45) is 0 Å². The molecule has 3 heterocycles. The molecule has 3 aromatic rings. The van der Waals surface area contributed by atoms with Crippen LogP contribution < -0.4 is 0 Å². The quantitative estimate of drug-likeness (QED) is 0.490. The Morgan fingerprint density at radius 2 is 1.63 bits per heavy atom. The second-order valence-corrected chi connectivity index (χ2v) is 9.43. The van der Waals surface area contributed by atoms with Gasteiger partial charge in [-0.05, 0) is 17.2 Å². The Kier molecular flexibility index (Phi) is 7.33. The van der Waals surface area contributed by atoms with Crippen molar-refractivity contribution >= 4 is 17.9 Å². The molecule has 38 heavy (non-hydrogen) atoms. The fourth-order valence-electron chi connectivity index (χ4n) is 4.83. The number of piperazine rings is 1. The van der Waals surface area contributed by atoms with Crippen LogP contribution in [0, 0.1) is 0 Å². The number of nitrogens with zero attached hydrogens (tertiary/aromatic N) is 5. The van der Waals surface area contributed by atoms with E-state index in [-0.39, 0.29) is 35.9 Å². The zero-order chi connectivity index (χ0) is 26.7. The highest BCUT2D eigenvalue weighted by atomic mass is 19.4. The third-order valence-electron chi connectivity index (χ3n) is 6.90. The SMILES string of the molecule is O=C(c1cc2n(n1)CCN(Cc1ccccc1C(F)(F)F)C2=O)N1CCN(C/C=C/c2ccccc2)CC1. The van der Waals surface area contributed by atoms with Gasteiger partial charge in [0.1, 0.15) is 5.69 Å². The smallest absolute Gasteiger partial charge is 0.335 e. The normalized spacial score (nSPS) is 16.8. The minimum Gasteiger partial charge on any atom is -0.335 e. The number of hydrogen-bond acceptors (Lipinski definition) is 4.